The summed E-state index contributed by atoms with van der Waals surface area (Å²) in [5.41, 5.74) is 1.62. The minimum absolute atomic E-state index is 0.703. The Hall–Kier alpha value is -1.01. The quantitative estimate of drug-likeness (QED) is 0.820. The molecule has 0 spiro atoms. The summed E-state index contributed by atoms with van der Waals surface area (Å²) >= 11 is 3.40. The Morgan fingerprint density at radius 3 is 2.87 bits per heavy atom. The van der Waals surface area contributed by atoms with Crippen LogP contribution in [0.4, 0.5) is 5.69 Å². The smallest absolute Gasteiger partial charge is 0.101 e. The number of halogens is 1. The lowest BCUT2D eigenvalue weighted by Gasteiger charge is -2.07. The van der Waals surface area contributed by atoms with Gasteiger partial charge in [0.2, 0.25) is 0 Å². The van der Waals surface area contributed by atoms with Gasteiger partial charge in [-0.15, -0.1) is 0 Å². The van der Waals surface area contributed by atoms with Crippen LogP contribution >= 0.6 is 15.9 Å². The summed E-state index contributed by atoms with van der Waals surface area (Å²) in [5, 5.41) is 12.2. The number of hydrogen-bond acceptors (Lipinski definition) is 2. The first-order chi connectivity index (χ1) is 7.27. The molecule has 0 aliphatic heterocycles. The van der Waals surface area contributed by atoms with Crippen LogP contribution in [0.1, 0.15) is 31.7 Å². The maximum absolute atomic E-state index is 8.91. The zero-order valence-electron chi connectivity index (χ0n) is 8.89. The first kappa shape index (κ1) is 12.1. The van der Waals surface area contributed by atoms with E-state index in [1.165, 1.54) is 12.8 Å². The lowest BCUT2D eigenvalue weighted by Crippen LogP contribution is -2.02. The van der Waals surface area contributed by atoms with Gasteiger partial charge in [-0.05, 0) is 24.6 Å². The van der Waals surface area contributed by atoms with E-state index in [2.05, 4.69) is 34.2 Å². The van der Waals surface area contributed by atoms with Crippen molar-refractivity contribution in [1.29, 1.82) is 5.26 Å². The molecular formula is C12H15BrN2. The first-order valence-corrected chi connectivity index (χ1v) is 6.00. The third-order valence-electron chi connectivity index (χ3n) is 2.20. The molecule has 0 atom stereocenters. The standard InChI is InChI=1S/C12H15BrN2/c1-2-3-4-7-15-12-8-11(13)6-5-10(12)9-14/h5-6,8,15H,2-4,7H2,1H3. The van der Waals surface area contributed by atoms with Crippen LogP contribution in [-0.4, -0.2) is 6.54 Å². The number of benzene rings is 1. The average molecular weight is 267 g/mol. The van der Waals surface area contributed by atoms with Gasteiger partial charge >= 0.3 is 0 Å². The van der Waals surface area contributed by atoms with E-state index in [1.54, 1.807) is 0 Å². The number of anilines is 1. The summed E-state index contributed by atoms with van der Waals surface area (Å²) in [7, 11) is 0. The topological polar surface area (TPSA) is 35.8 Å². The summed E-state index contributed by atoms with van der Waals surface area (Å²) in [6.07, 6.45) is 3.59. The SMILES string of the molecule is CCCCCNc1cc(Br)ccc1C#N. The predicted octanol–water partition coefficient (Wildman–Crippen LogP) is 3.92. The third-order valence-corrected chi connectivity index (χ3v) is 2.69. The van der Waals surface area contributed by atoms with Gasteiger partial charge in [-0.3, -0.25) is 0 Å². The third kappa shape index (κ3) is 3.93. The zero-order chi connectivity index (χ0) is 11.1. The summed E-state index contributed by atoms with van der Waals surface area (Å²) in [6.45, 7) is 3.11. The number of rotatable bonds is 5. The lowest BCUT2D eigenvalue weighted by atomic mass is 10.2. The second-order valence-electron chi connectivity index (χ2n) is 3.44. The Bertz CT molecular complexity index is 355. The summed E-state index contributed by atoms with van der Waals surface area (Å²) in [5.74, 6) is 0. The highest BCUT2D eigenvalue weighted by Gasteiger charge is 2.01. The second-order valence-corrected chi connectivity index (χ2v) is 4.35. The van der Waals surface area contributed by atoms with Crippen LogP contribution < -0.4 is 5.32 Å². The average Bonchev–Trinajstić information content (AvgIpc) is 2.25. The molecule has 1 aromatic carbocycles. The van der Waals surface area contributed by atoms with E-state index in [4.69, 9.17) is 5.26 Å². The lowest BCUT2D eigenvalue weighted by molar-refractivity contribution is 0.743. The number of unbranched alkanes of at least 4 members (excludes halogenated alkanes) is 2. The highest BCUT2D eigenvalue weighted by Crippen LogP contribution is 2.20. The van der Waals surface area contributed by atoms with Crippen molar-refractivity contribution in [3.05, 3.63) is 28.2 Å². The zero-order valence-corrected chi connectivity index (χ0v) is 10.5. The van der Waals surface area contributed by atoms with E-state index < -0.39 is 0 Å². The molecule has 0 aliphatic rings. The van der Waals surface area contributed by atoms with Crippen molar-refractivity contribution in [2.75, 3.05) is 11.9 Å². The monoisotopic (exact) mass is 266 g/mol. The fourth-order valence-electron chi connectivity index (χ4n) is 1.36. The maximum Gasteiger partial charge on any atom is 0.101 e. The largest absolute Gasteiger partial charge is 0.384 e. The van der Waals surface area contributed by atoms with Gasteiger partial charge in [-0.1, -0.05) is 35.7 Å². The Kier molecular flexibility index (Phi) is 5.20. The molecule has 0 aromatic heterocycles. The fraction of sp³-hybridized carbons (Fsp3) is 0.417. The molecule has 15 heavy (non-hydrogen) atoms. The summed E-state index contributed by atoms with van der Waals surface area (Å²) in [4.78, 5) is 0. The highest BCUT2D eigenvalue weighted by atomic mass is 79.9. The van der Waals surface area contributed by atoms with Gasteiger partial charge in [-0.25, -0.2) is 0 Å². The molecule has 0 radical (unpaired) electrons. The van der Waals surface area contributed by atoms with Gasteiger partial charge in [0.15, 0.2) is 0 Å². The van der Waals surface area contributed by atoms with Crippen molar-refractivity contribution in [1.82, 2.24) is 0 Å². The molecule has 0 unspecified atom stereocenters. The van der Waals surface area contributed by atoms with Crippen LogP contribution in [0.5, 0.6) is 0 Å². The van der Waals surface area contributed by atoms with Gasteiger partial charge in [0.05, 0.1) is 11.3 Å². The van der Waals surface area contributed by atoms with Crippen molar-refractivity contribution in [2.45, 2.75) is 26.2 Å². The summed E-state index contributed by atoms with van der Waals surface area (Å²) < 4.78 is 1.000. The molecule has 1 rings (SSSR count). The van der Waals surface area contributed by atoms with Gasteiger partial charge in [0.1, 0.15) is 6.07 Å². The van der Waals surface area contributed by atoms with Crippen LogP contribution in [-0.2, 0) is 0 Å². The molecule has 0 amide bonds. The normalized spacial score (nSPS) is 9.67. The van der Waals surface area contributed by atoms with E-state index >= 15 is 0 Å². The maximum atomic E-state index is 8.91. The number of nitriles is 1. The molecule has 2 nitrogen and oxygen atoms in total. The van der Waals surface area contributed by atoms with Crippen LogP contribution in [0.3, 0.4) is 0 Å². The first-order valence-electron chi connectivity index (χ1n) is 5.21. The van der Waals surface area contributed by atoms with Gasteiger partial charge in [0, 0.05) is 11.0 Å². The van der Waals surface area contributed by atoms with Crippen molar-refractivity contribution in [3.63, 3.8) is 0 Å². The molecule has 0 fully saturated rings. The Labute approximate surface area is 99.4 Å². The number of hydrogen-bond donors (Lipinski definition) is 1. The van der Waals surface area contributed by atoms with Crippen molar-refractivity contribution in [2.24, 2.45) is 0 Å². The second kappa shape index (κ2) is 6.47. The molecule has 80 valence electrons. The molecule has 0 saturated carbocycles. The van der Waals surface area contributed by atoms with E-state index in [9.17, 15) is 0 Å². The van der Waals surface area contributed by atoms with Gasteiger partial charge in [0.25, 0.3) is 0 Å². The van der Waals surface area contributed by atoms with E-state index in [0.717, 1.165) is 23.1 Å². The molecule has 0 aliphatic carbocycles. The Balaban J connectivity index is 2.59. The molecule has 0 saturated heterocycles. The van der Waals surface area contributed by atoms with Crippen LogP contribution in [0.15, 0.2) is 22.7 Å². The fourth-order valence-corrected chi connectivity index (χ4v) is 1.72. The van der Waals surface area contributed by atoms with Crippen molar-refractivity contribution < 1.29 is 0 Å². The Morgan fingerprint density at radius 1 is 1.40 bits per heavy atom. The van der Waals surface area contributed by atoms with E-state index in [-0.39, 0.29) is 0 Å². The highest BCUT2D eigenvalue weighted by molar-refractivity contribution is 9.10. The molecule has 1 aromatic rings. The predicted molar refractivity (Wildman–Crippen MR) is 66.9 cm³/mol. The van der Waals surface area contributed by atoms with Gasteiger partial charge < -0.3 is 5.32 Å². The minimum atomic E-state index is 0.703. The molecule has 0 bridgehead atoms. The van der Waals surface area contributed by atoms with Gasteiger partial charge in [-0.2, -0.15) is 5.26 Å². The van der Waals surface area contributed by atoms with Crippen LogP contribution in [0.25, 0.3) is 0 Å². The van der Waals surface area contributed by atoms with Crippen LogP contribution in [0, 0.1) is 11.3 Å². The Morgan fingerprint density at radius 2 is 2.20 bits per heavy atom. The van der Waals surface area contributed by atoms with Crippen molar-refractivity contribution >= 4 is 21.6 Å². The van der Waals surface area contributed by atoms with Crippen LogP contribution in [0.2, 0.25) is 0 Å². The molecule has 3 heteroatoms. The molecule has 1 N–H and O–H groups in total. The molecule has 0 heterocycles. The van der Waals surface area contributed by atoms with Crippen molar-refractivity contribution in [3.8, 4) is 6.07 Å². The summed E-state index contributed by atoms with van der Waals surface area (Å²) in [6, 6.07) is 7.84. The minimum Gasteiger partial charge on any atom is -0.384 e. The number of nitrogens with zero attached hydrogens (tertiary/aromatic N) is 1. The van der Waals surface area contributed by atoms with E-state index in [1.807, 2.05) is 18.2 Å². The van der Waals surface area contributed by atoms with E-state index in [0.29, 0.717) is 5.56 Å². The number of nitrogens with one attached hydrogen (secondary N) is 1. The molecular weight excluding hydrogens is 252 g/mol.